The number of imidazole rings is 1. The number of hydrogen-bond acceptors (Lipinski definition) is 2. The fourth-order valence-electron chi connectivity index (χ4n) is 11.0. The number of methoxy groups -OCH3 is 2. The number of ether oxygens (including phenoxy) is 2. The van der Waals surface area contributed by atoms with Gasteiger partial charge in [-0.25, -0.2) is 8.49 Å². The summed E-state index contributed by atoms with van der Waals surface area (Å²) in [6.07, 6.45) is 6.78. The number of hydrogen-bond donors (Lipinski definition) is 0. The van der Waals surface area contributed by atoms with Crippen LogP contribution in [0.1, 0.15) is 90.4 Å². The van der Waals surface area contributed by atoms with E-state index in [1.807, 2.05) is 0 Å². The Kier molecular flexibility index (Phi) is 13.7. The lowest BCUT2D eigenvalue weighted by Gasteiger charge is -2.30. The Bertz CT molecular complexity index is 3120. The molecule has 0 amide bonds. The van der Waals surface area contributed by atoms with Crippen LogP contribution >= 0.6 is 0 Å². The van der Waals surface area contributed by atoms with E-state index in [0.717, 1.165) is 44.5 Å². The maximum Gasteiger partial charge on any atom is 0.340 e. The van der Waals surface area contributed by atoms with Gasteiger partial charge in [-0.15, -0.1) is 46.5 Å². The highest BCUT2D eigenvalue weighted by Crippen LogP contribution is 2.42. The summed E-state index contributed by atoms with van der Waals surface area (Å²) in [5, 5.41) is 2.16. The third-order valence-electron chi connectivity index (χ3n) is 14.2. The molecule has 4 nitrogen and oxygen atoms in total. The first-order valence-corrected chi connectivity index (χ1v) is 25.1. The third kappa shape index (κ3) is 9.64. The van der Waals surface area contributed by atoms with E-state index >= 15 is 0 Å². The van der Waals surface area contributed by atoms with Crippen LogP contribution < -0.4 is 18.0 Å². The number of benzene rings is 10. The molecule has 11 rings (SSSR count). The average molecular weight is 946 g/mol. The lowest BCUT2D eigenvalue weighted by atomic mass is 9.79. The van der Waals surface area contributed by atoms with Crippen LogP contribution in [-0.2, 0) is 0 Å². The maximum atomic E-state index is 6.35. The Labute approximate surface area is 428 Å². The third-order valence-corrected chi connectivity index (χ3v) is 14.2. The zero-order chi connectivity index (χ0) is 49.3. The van der Waals surface area contributed by atoms with Gasteiger partial charge in [-0.05, 0) is 68.2 Å². The van der Waals surface area contributed by atoms with Crippen molar-refractivity contribution in [1.82, 2.24) is 0 Å². The fraction of sp³-hybridized carbons (Fsp3) is 0.0870. The first-order valence-electron chi connectivity index (χ1n) is 25.1. The van der Waals surface area contributed by atoms with Crippen molar-refractivity contribution >= 4 is 0 Å². The molecule has 73 heavy (non-hydrogen) atoms. The van der Waals surface area contributed by atoms with Gasteiger partial charge in [0, 0.05) is 11.5 Å². The first-order chi connectivity index (χ1) is 36.2. The normalized spacial score (nSPS) is 11.4. The van der Waals surface area contributed by atoms with Crippen LogP contribution in [0.3, 0.4) is 0 Å². The summed E-state index contributed by atoms with van der Waals surface area (Å²) in [6, 6.07) is 96.1. The zero-order valence-corrected chi connectivity index (χ0v) is 41.2. The quantitative estimate of drug-likeness (QED) is 0.0618. The number of rotatable bonds is 14. The van der Waals surface area contributed by atoms with E-state index in [1.54, 1.807) is 14.2 Å². The molecule has 0 saturated heterocycles. The molecule has 0 bridgehead atoms. The van der Waals surface area contributed by atoms with Crippen molar-refractivity contribution in [1.29, 1.82) is 0 Å². The van der Waals surface area contributed by atoms with Crippen LogP contribution in [0.4, 0.5) is 0 Å². The molecule has 4 heteroatoms. The van der Waals surface area contributed by atoms with Gasteiger partial charge in [-0.3, -0.25) is 0 Å². The standard InChI is InChI=1S/C69H57N2O2/c1-72-58-45-60(64(50-27-11-3-12-28-50)51-29-13-4-14-30-51)68(61(46-58)65(52-31-15-5-16-32-52)53-33-17-6-18-34-53)70-43-44-71(49-70)69-62(66(54-35-19-7-20-36-54)55-37-21-8-22-38-55)47-59(73-2)48-63(69)67(56-39-23-9-24-40-56)57-41-25-10-26-42-57/h3-49,64-67H,1-2H3/q-1. The maximum absolute atomic E-state index is 6.35. The summed E-state index contributed by atoms with van der Waals surface area (Å²) in [7, 11) is 3.57. The molecule has 0 atom stereocenters. The van der Waals surface area contributed by atoms with Crippen LogP contribution in [0.5, 0.6) is 11.5 Å². The zero-order valence-electron chi connectivity index (χ0n) is 41.2. The topological polar surface area (TPSA) is 30.3 Å². The number of aromatic nitrogens is 2. The van der Waals surface area contributed by atoms with Gasteiger partial charge in [0.25, 0.3) is 0 Å². The summed E-state index contributed by atoms with van der Waals surface area (Å²) in [5.41, 5.74) is 14.0. The monoisotopic (exact) mass is 945 g/mol. The second-order valence-electron chi connectivity index (χ2n) is 18.6. The van der Waals surface area contributed by atoms with E-state index in [4.69, 9.17) is 9.47 Å². The molecule has 356 valence electrons. The molecule has 0 aliphatic heterocycles. The molecule has 0 radical (unpaired) electrons. The minimum atomic E-state index is -0.150. The Balaban J connectivity index is 1.37. The van der Waals surface area contributed by atoms with E-state index in [0.29, 0.717) is 0 Å². The van der Waals surface area contributed by atoms with Crippen LogP contribution in [0, 0.1) is 10.7 Å². The van der Waals surface area contributed by atoms with Crippen LogP contribution in [0.2, 0.25) is 0 Å². The molecule has 1 aromatic heterocycles. The summed E-state index contributed by atoms with van der Waals surface area (Å²) < 4.78 is 17.4. The van der Waals surface area contributed by atoms with Crippen molar-refractivity contribution in [2.45, 2.75) is 23.7 Å². The lowest BCUT2D eigenvalue weighted by Crippen LogP contribution is -2.27. The predicted octanol–water partition coefficient (Wildman–Crippen LogP) is 14.3. The van der Waals surface area contributed by atoms with Crippen LogP contribution in [0.25, 0.3) is 0 Å². The molecular weight excluding hydrogens is 889 g/mol. The molecule has 0 spiro atoms. The molecule has 0 aliphatic rings. The lowest BCUT2D eigenvalue weighted by molar-refractivity contribution is -0.618. The van der Waals surface area contributed by atoms with Gasteiger partial charge in [0.1, 0.15) is 12.4 Å². The largest absolute Gasteiger partial charge is 0.554 e. The molecular formula is C69H57N2O2-. The molecule has 0 aliphatic carbocycles. The van der Waals surface area contributed by atoms with Gasteiger partial charge >= 0.3 is 6.33 Å². The van der Waals surface area contributed by atoms with E-state index in [1.165, 1.54) is 44.5 Å². The van der Waals surface area contributed by atoms with E-state index in [-0.39, 0.29) is 23.7 Å². The van der Waals surface area contributed by atoms with Gasteiger partial charge in [-0.1, -0.05) is 243 Å². The first kappa shape index (κ1) is 46.4. The van der Waals surface area contributed by atoms with Crippen LogP contribution in [0.15, 0.2) is 286 Å². The van der Waals surface area contributed by atoms with Gasteiger partial charge in [0.05, 0.1) is 24.9 Å². The van der Waals surface area contributed by atoms with Crippen molar-refractivity contribution in [3.05, 3.63) is 363 Å². The van der Waals surface area contributed by atoms with Crippen molar-refractivity contribution in [2.24, 2.45) is 0 Å². The summed E-state index contributed by atoms with van der Waals surface area (Å²) in [5.74, 6) is 0.990. The van der Waals surface area contributed by atoms with Gasteiger partial charge in [0.15, 0.2) is 0 Å². The minimum Gasteiger partial charge on any atom is -0.554 e. The molecule has 11 aromatic rings. The Hall–Kier alpha value is -8.99. The van der Waals surface area contributed by atoms with E-state index in [9.17, 15) is 0 Å². The van der Waals surface area contributed by atoms with Crippen molar-refractivity contribution in [2.75, 3.05) is 14.2 Å². The SMILES string of the molecule is CO[c-]1cc(C(c2ccccc2)c2ccccc2)c(=[n+]2cc[n+](=c3c(C(c4ccccc4)c4ccccc4)c[c-](OC)cc3C(c3ccccc3)c3ccccc3)[cH-]2)c(C(c2ccccc2)c2ccccc2)c1. The summed E-state index contributed by atoms with van der Waals surface area (Å²) in [6.45, 7) is 0. The van der Waals surface area contributed by atoms with Crippen molar-refractivity contribution in [3.8, 4) is 11.5 Å². The molecule has 0 fully saturated rings. The highest BCUT2D eigenvalue weighted by atomic mass is 16.5. The average Bonchev–Trinajstić information content (AvgIpc) is 3.95. The van der Waals surface area contributed by atoms with E-state index < -0.39 is 0 Å². The predicted molar refractivity (Wildman–Crippen MR) is 292 cm³/mol. The molecule has 0 saturated carbocycles. The van der Waals surface area contributed by atoms with Gasteiger partial charge in [-0.2, -0.15) is 0 Å². The minimum absolute atomic E-state index is 0.150. The Morgan fingerprint density at radius 3 is 0.630 bits per heavy atom. The van der Waals surface area contributed by atoms with E-state index in [2.05, 4.69) is 294 Å². The second kappa shape index (κ2) is 21.6. The number of nitrogens with zero attached hydrogens (tertiary/aromatic N) is 2. The molecule has 10 aromatic carbocycles. The molecule has 1 heterocycles. The van der Waals surface area contributed by atoms with Crippen molar-refractivity contribution < 1.29 is 18.0 Å². The molecule has 0 unspecified atom stereocenters. The summed E-state index contributed by atoms with van der Waals surface area (Å²) in [4.78, 5) is 0. The highest BCUT2D eigenvalue weighted by molar-refractivity contribution is 5.54. The Morgan fingerprint density at radius 1 is 0.288 bits per heavy atom. The van der Waals surface area contributed by atoms with Crippen LogP contribution in [-0.4, -0.2) is 14.2 Å². The molecule has 0 N–H and O–H groups in total. The van der Waals surface area contributed by atoms with Crippen molar-refractivity contribution in [3.63, 3.8) is 0 Å². The smallest absolute Gasteiger partial charge is 0.340 e. The fourth-order valence-corrected chi connectivity index (χ4v) is 11.0. The van der Waals surface area contributed by atoms with Gasteiger partial charge < -0.3 is 9.47 Å². The van der Waals surface area contributed by atoms with Gasteiger partial charge in [0.2, 0.25) is 0 Å². The summed E-state index contributed by atoms with van der Waals surface area (Å²) >= 11 is 0. The highest BCUT2D eigenvalue weighted by Gasteiger charge is 2.24. The second-order valence-corrected chi connectivity index (χ2v) is 18.6. The Morgan fingerprint density at radius 2 is 0.466 bits per heavy atom.